The third-order valence-corrected chi connectivity index (χ3v) is 2.07. The van der Waals surface area contributed by atoms with Crippen LogP contribution in [0.15, 0.2) is 24.3 Å². The average molecular weight is 143 g/mol. The van der Waals surface area contributed by atoms with Gasteiger partial charge in [0.2, 0.25) is 0 Å². The topological polar surface area (TPSA) is 4.36 Å². The molecule has 54 valence electrons. The Morgan fingerprint density at radius 3 is 2.64 bits per heavy atom. The highest BCUT2D eigenvalue weighted by atomic mass is 14.7. The van der Waals surface area contributed by atoms with Crippen molar-refractivity contribution in [2.24, 2.45) is 0 Å². The van der Waals surface area contributed by atoms with Crippen molar-refractivity contribution in [3.63, 3.8) is 0 Å². The minimum Gasteiger partial charge on any atom is -0.238 e. The normalized spacial score (nSPS) is 15.9. The zero-order chi connectivity index (χ0) is 7.68. The molecule has 11 heavy (non-hydrogen) atoms. The van der Waals surface area contributed by atoms with Crippen molar-refractivity contribution in [2.75, 3.05) is 0 Å². The van der Waals surface area contributed by atoms with Crippen LogP contribution in [0.3, 0.4) is 0 Å². The van der Waals surface area contributed by atoms with Gasteiger partial charge in [-0.15, -0.1) is 0 Å². The molecule has 1 aliphatic rings. The molecule has 2 rings (SSSR count). The lowest BCUT2D eigenvalue weighted by Gasteiger charge is -1.98. The van der Waals surface area contributed by atoms with Crippen LogP contribution in [0, 0.1) is 6.57 Å². The number of hydrogen-bond acceptors (Lipinski definition) is 0. The minimum absolute atomic E-state index is 0.695. The van der Waals surface area contributed by atoms with E-state index in [1.807, 2.05) is 18.2 Å². The molecule has 0 atom stereocenters. The fourth-order valence-corrected chi connectivity index (χ4v) is 1.33. The number of nitrogens with zero attached hydrogens (tertiary/aromatic N) is 1. The molecule has 1 heteroatoms. The van der Waals surface area contributed by atoms with Gasteiger partial charge in [0, 0.05) is 0 Å². The van der Waals surface area contributed by atoms with Crippen LogP contribution in [-0.2, 0) is 0 Å². The molecule has 0 heterocycles. The smallest absolute Gasteiger partial charge is 0.190 e. The second kappa shape index (κ2) is 2.39. The van der Waals surface area contributed by atoms with Crippen LogP contribution in [-0.4, -0.2) is 0 Å². The predicted molar refractivity (Wildman–Crippen MR) is 44.7 cm³/mol. The summed E-state index contributed by atoms with van der Waals surface area (Å²) in [6.45, 7) is 6.93. The summed E-state index contributed by atoms with van der Waals surface area (Å²) >= 11 is 0. The summed E-state index contributed by atoms with van der Waals surface area (Å²) in [6, 6.07) is 7.92. The first-order chi connectivity index (χ1) is 5.42. The van der Waals surface area contributed by atoms with Gasteiger partial charge in [0.25, 0.3) is 0 Å². The molecule has 0 aromatic heterocycles. The Bertz CT molecular complexity index is 305. The van der Waals surface area contributed by atoms with Crippen LogP contribution >= 0.6 is 0 Å². The second-order valence-corrected chi connectivity index (χ2v) is 2.94. The molecule has 1 saturated carbocycles. The van der Waals surface area contributed by atoms with Crippen LogP contribution in [0.4, 0.5) is 5.69 Å². The molecule has 0 spiro atoms. The zero-order valence-electron chi connectivity index (χ0n) is 6.25. The molecule has 1 fully saturated rings. The van der Waals surface area contributed by atoms with Crippen LogP contribution in [0.25, 0.3) is 4.85 Å². The van der Waals surface area contributed by atoms with Crippen molar-refractivity contribution in [1.29, 1.82) is 0 Å². The third-order valence-electron chi connectivity index (χ3n) is 2.07. The molecular weight excluding hydrogens is 134 g/mol. The maximum absolute atomic E-state index is 6.93. The Hall–Kier alpha value is -1.29. The molecule has 0 bridgehead atoms. The Kier molecular flexibility index (Phi) is 1.40. The van der Waals surface area contributed by atoms with Gasteiger partial charge in [-0.2, -0.15) is 0 Å². The van der Waals surface area contributed by atoms with Crippen LogP contribution in [0.5, 0.6) is 0 Å². The van der Waals surface area contributed by atoms with E-state index >= 15 is 0 Å². The number of benzene rings is 1. The average Bonchev–Trinajstić information content (AvgIpc) is 2.87. The molecule has 0 amide bonds. The maximum Gasteiger partial charge on any atom is 0.190 e. The Morgan fingerprint density at radius 2 is 2.00 bits per heavy atom. The summed E-state index contributed by atoms with van der Waals surface area (Å²) in [5.74, 6) is 0.695. The van der Waals surface area contributed by atoms with Gasteiger partial charge in [0.15, 0.2) is 5.69 Å². The Balaban J connectivity index is 2.44. The van der Waals surface area contributed by atoms with E-state index in [2.05, 4.69) is 10.9 Å². The van der Waals surface area contributed by atoms with E-state index in [9.17, 15) is 0 Å². The SMILES string of the molecule is [C-]#[N+]c1ccccc1C1CC1. The van der Waals surface area contributed by atoms with Gasteiger partial charge in [-0.1, -0.05) is 24.3 Å². The van der Waals surface area contributed by atoms with Crippen molar-refractivity contribution in [2.45, 2.75) is 18.8 Å². The lowest BCUT2D eigenvalue weighted by molar-refractivity contribution is 1.14. The van der Waals surface area contributed by atoms with Crippen molar-refractivity contribution in [1.82, 2.24) is 0 Å². The zero-order valence-corrected chi connectivity index (χ0v) is 6.25. The number of hydrogen-bond donors (Lipinski definition) is 0. The first kappa shape index (κ1) is 6.42. The molecule has 0 radical (unpaired) electrons. The summed E-state index contributed by atoms with van der Waals surface area (Å²) in [5, 5.41) is 0. The molecule has 1 aromatic carbocycles. The highest BCUT2D eigenvalue weighted by Crippen LogP contribution is 2.43. The molecular formula is C10H9N. The first-order valence-electron chi connectivity index (χ1n) is 3.88. The van der Waals surface area contributed by atoms with Crippen molar-refractivity contribution in [3.05, 3.63) is 41.2 Å². The van der Waals surface area contributed by atoms with Gasteiger partial charge < -0.3 is 0 Å². The molecule has 0 aliphatic heterocycles. The van der Waals surface area contributed by atoms with Gasteiger partial charge in [0.1, 0.15) is 0 Å². The number of para-hydroxylation sites is 1. The summed E-state index contributed by atoms with van der Waals surface area (Å²) in [6.07, 6.45) is 2.54. The van der Waals surface area contributed by atoms with E-state index in [1.165, 1.54) is 18.4 Å². The molecule has 0 saturated heterocycles. The maximum atomic E-state index is 6.93. The summed E-state index contributed by atoms with van der Waals surface area (Å²) in [4.78, 5) is 3.48. The molecule has 1 nitrogen and oxygen atoms in total. The largest absolute Gasteiger partial charge is 0.238 e. The minimum atomic E-state index is 0.695. The third kappa shape index (κ3) is 1.12. The second-order valence-electron chi connectivity index (χ2n) is 2.94. The monoisotopic (exact) mass is 143 g/mol. The lowest BCUT2D eigenvalue weighted by atomic mass is 10.1. The Labute approximate surface area is 66.5 Å². The standard InChI is InChI=1S/C10H9N/c1-11-10-5-3-2-4-9(10)8-6-7-8/h2-5,8H,6-7H2. The summed E-state index contributed by atoms with van der Waals surface area (Å²) in [7, 11) is 0. The van der Waals surface area contributed by atoms with Gasteiger partial charge in [-0.3, -0.25) is 0 Å². The van der Waals surface area contributed by atoms with Gasteiger partial charge in [-0.05, 0) is 24.3 Å². The highest BCUT2D eigenvalue weighted by molar-refractivity contribution is 5.54. The molecule has 1 aliphatic carbocycles. The fourth-order valence-electron chi connectivity index (χ4n) is 1.33. The van der Waals surface area contributed by atoms with E-state index in [4.69, 9.17) is 6.57 Å². The van der Waals surface area contributed by atoms with Crippen LogP contribution < -0.4 is 0 Å². The molecule has 1 aromatic rings. The van der Waals surface area contributed by atoms with Crippen LogP contribution in [0.2, 0.25) is 0 Å². The highest BCUT2D eigenvalue weighted by Gasteiger charge is 2.25. The van der Waals surface area contributed by atoms with Gasteiger partial charge in [-0.25, -0.2) is 4.85 Å². The molecule has 0 N–H and O–H groups in total. The van der Waals surface area contributed by atoms with Crippen LogP contribution in [0.1, 0.15) is 24.3 Å². The van der Waals surface area contributed by atoms with Crippen molar-refractivity contribution in [3.8, 4) is 0 Å². The fraction of sp³-hybridized carbons (Fsp3) is 0.300. The van der Waals surface area contributed by atoms with Crippen molar-refractivity contribution < 1.29 is 0 Å². The predicted octanol–water partition coefficient (Wildman–Crippen LogP) is 3.11. The lowest BCUT2D eigenvalue weighted by Crippen LogP contribution is -1.76. The van der Waals surface area contributed by atoms with Gasteiger partial charge >= 0.3 is 0 Å². The summed E-state index contributed by atoms with van der Waals surface area (Å²) in [5.41, 5.74) is 2.09. The number of rotatable bonds is 1. The summed E-state index contributed by atoms with van der Waals surface area (Å²) < 4.78 is 0. The van der Waals surface area contributed by atoms with E-state index in [0.29, 0.717) is 5.92 Å². The van der Waals surface area contributed by atoms with E-state index in [0.717, 1.165) is 5.69 Å². The van der Waals surface area contributed by atoms with E-state index in [1.54, 1.807) is 0 Å². The Morgan fingerprint density at radius 1 is 1.27 bits per heavy atom. The van der Waals surface area contributed by atoms with E-state index in [-0.39, 0.29) is 0 Å². The van der Waals surface area contributed by atoms with Crippen molar-refractivity contribution >= 4 is 5.69 Å². The van der Waals surface area contributed by atoms with E-state index < -0.39 is 0 Å². The quantitative estimate of drug-likeness (QED) is 0.532. The first-order valence-corrected chi connectivity index (χ1v) is 3.88. The van der Waals surface area contributed by atoms with Gasteiger partial charge in [0.05, 0.1) is 6.57 Å². The molecule has 0 unspecified atom stereocenters.